The fraction of sp³-hybridized carbons (Fsp3) is 0.800. The minimum atomic E-state index is -0.145. The van der Waals surface area contributed by atoms with Crippen LogP contribution in [0.15, 0.2) is 0 Å². The van der Waals surface area contributed by atoms with Crippen molar-refractivity contribution in [3.05, 3.63) is 0 Å². The first-order valence-corrected chi connectivity index (χ1v) is 5.19. The lowest BCUT2D eigenvalue weighted by atomic mass is 10.5. The number of carbonyl (C=O) groups excluding carboxylic acids is 2. The number of carbonyl (C=O) groups is 2. The monoisotopic (exact) mass is 232 g/mol. The second-order valence-corrected chi connectivity index (χ2v) is 3.25. The number of hydrogen-bond donors (Lipinski definition) is 1. The lowest BCUT2D eigenvalue weighted by molar-refractivity contribution is -0.134. The number of rotatable bonds is 8. The van der Waals surface area contributed by atoms with Crippen molar-refractivity contribution in [1.82, 2.24) is 10.2 Å². The van der Waals surface area contributed by atoms with E-state index < -0.39 is 0 Å². The van der Waals surface area contributed by atoms with Crippen LogP contribution in [-0.4, -0.2) is 63.8 Å². The van der Waals surface area contributed by atoms with E-state index in [1.54, 1.807) is 7.05 Å². The summed E-state index contributed by atoms with van der Waals surface area (Å²) in [4.78, 5) is 23.7. The summed E-state index contributed by atoms with van der Waals surface area (Å²) >= 11 is 0. The summed E-state index contributed by atoms with van der Waals surface area (Å²) in [5, 5.41) is 2.61. The Morgan fingerprint density at radius 3 is 2.56 bits per heavy atom. The van der Waals surface area contributed by atoms with E-state index in [1.807, 2.05) is 6.92 Å². The number of methoxy groups -OCH3 is 1. The molecule has 16 heavy (non-hydrogen) atoms. The van der Waals surface area contributed by atoms with Crippen molar-refractivity contribution in [1.29, 1.82) is 0 Å². The summed E-state index contributed by atoms with van der Waals surface area (Å²) in [7, 11) is 3.13. The quantitative estimate of drug-likeness (QED) is 0.559. The number of amides is 2. The highest BCUT2D eigenvalue weighted by atomic mass is 16.5. The first-order valence-electron chi connectivity index (χ1n) is 5.19. The van der Waals surface area contributed by atoms with Crippen molar-refractivity contribution in [2.24, 2.45) is 0 Å². The van der Waals surface area contributed by atoms with E-state index in [4.69, 9.17) is 9.47 Å². The highest BCUT2D eigenvalue weighted by Crippen LogP contribution is 1.86. The molecule has 0 bridgehead atoms. The molecule has 0 unspecified atom stereocenters. The molecule has 0 aromatic carbocycles. The molecule has 0 saturated heterocycles. The maximum absolute atomic E-state index is 11.2. The number of nitrogens with one attached hydrogen (secondary N) is 1. The third kappa shape index (κ3) is 7.19. The molecule has 0 aromatic rings. The Labute approximate surface area is 95.9 Å². The van der Waals surface area contributed by atoms with Crippen LogP contribution < -0.4 is 5.32 Å². The second-order valence-electron chi connectivity index (χ2n) is 3.25. The molecule has 2 amide bonds. The van der Waals surface area contributed by atoms with Gasteiger partial charge >= 0.3 is 0 Å². The molecule has 0 aliphatic rings. The van der Waals surface area contributed by atoms with Gasteiger partial charge in [-0.3, -0.25) is 9.59 Å². The van der Waals surface area contributed by atoms with Crippen molar-refractivity contribution in [3.8, 4) is 0 Å². The van der Waals surface area contributed by atoms with Crippen LogP contribution in [0.2, 0.25) is 0 Å². The SMILES string of the molecule is CCNC(=O)COCCN(C)C(=O)COC. The van der Waals surface area contributed by atoms with Crippen molar-refractivity contribution < 1.29 is 19.1 Å². The van der Waals surface area contributed by atoms with Crippen LogP contribution in [0, 0.1) is 0 Å². The van der Waals surface area contributed by atoms with E-state index in [0.29, 0.717) is 19.7 Å². The predicted molar refractivity (Wildman–Crippen MR) is 59.0 cm³/mol. The maximum Gasteiger partial charge on any atom is 0.248 e. The van der Waals surface area contributed by atoms with Crippen LogP contribution >= 0.6 is 0 Å². The lowest BCUT2D eigenvalue weighted by Gasteiger charge is -2.16. The van der Waals surface area contributed by atoms with E-state index in [-0.39, 0.29) is 25.0 Å². The zero-order valence-electron chi connectivity index (χ0n) is 10.1. The van der Waals surface area contributed by atoms with Gasteiger partial charge in [-0.2, -0.15) is 0 Å². The largest absolute Gasteiger partial charge is 0.375 e. The smallest absolute Gasteiger partial charge is 0.248 e. The van der Waals surface area contributed by atoms with Gasteiger partial charge < -0.3 is 19.7 Å². The fourth-order valence-electron chi connectivity index (χ4n) is 0.973. The Kier molecular flexibility index (Phi) is 8.46. The summed E-state index contributed by atoms with van der Waals surface area (Å²) in [5.41, 5.74) is 0. The fourth-order valence-corrected chi connectivity index (χ4v) is 0.973. The molecule has 0 aliphatic carbocycles. The van der Waals surface area contributed by atoms with Gasteiger partial charge in [0.1, 0.15) is 13.2 Å². The summed E-state index contributed by atoms with van der Waals surface area (Å²) in [6, 6.07) is 0. The van der Waals surface area contributed by atoms with Gasteiger partial charge in [0, 0.05) is 27.2 Å². The van der Waals surface area contributed by atoms with Crippen LogP contribution in [-0.2, 0) is 19.1 Å². The Balaban J connectivity index is 3.51. The summed E-state index contributed by atoms with van der Waals surface area (Å²) in [5.74, 6) is -0.252. The third-order valence-corrected chi connectivity index (χ3v) is 1.87. The van der Waals surface area contributed by atoms with E-state index >= 15 is 0 Å². The van der Waals surface area contributed by atoms with E-state index in [2.05, 4.69) is 5.32 Å². The van der Waals surface area contributed by atoms with Gasteiger partial charge in [0.25, 0.3) is 0 Å². The van der Waals surface area contributed by atoms with Crippen molar-refractivity contribution in [2.75, 3.05) is 47.1 Å². The molecular formula is C10H20N2O4. The molecule has 0 heterocycles. The molecule has 0 fully saturated rings. The number of likely N-dealkylation sites (N-methyl/N-ethyl adjacent to an activating group) is 2. The first-order chi connectivity index (χ1) is 7.61. The average Bonchev–Trinajstić information content (AvgIpc) is 2.24. The van der Waals surface area contributed by atoms with E-state index in [1.165, 1.54) is 12.0 Å². The highest BCUT2D eigenvalue weighted by molar-refractivity contribution is 5.77. The molecule has 0 saturated carbocycles. The number of hydrogen-bond acceptors (Lipinski definition) is 4. The standard InChI is InChI=1S/C10H20N2O4/c1-4-11-9(13)7-16-6-5-12(2)10(14)8-15-3/h4-8H2,1-3H3,(H,11,13). The summed E-state index contributed by atoms with van der Waals surface area (Å²) in [6.45, 7) is 3.31. The number of ether oxygens (including phenoxy) is 2. The molecule has 6 nitrogen and oxygen atoms in total. The van der Waals surface area contributed by atoms with Crippen molar-refractivity contribution >= 4 is 11.8 Å². The molecule has 0 aromatic heterocycles. The Morgan fingerprint density at radius 2 is 2.00 bits per heavy atom. The average molecular weight is 232 g/mol. The van der Waals surface area contributed by atoms with E-state index in [9.17, 15) is 9.59 Å². The summed E-state index contributed by atoms with van der Waals surface area (Å²) in [6.07, 6.45) is 0. The van der Waals surface area contributed by atoms with Crippen LogP contribution in [0.25, 0.3) is 0 Å². The molecule has 1 N–H and O–H groups in total. The van der Waals surface area contributed by atoms with Gasteiger partial charge in [-0.1, -0.05) is 0 Å². The van der Waals surface area contributed by atoms with Gasteiger partial charge in [-0.15, -0.1) is 0 Å². The highest BCUT2D eigenvalue weighted by Gasteiger charge is 2.07. The molecule has 0 spiro atoms. The minimum absolute atomic E-state index is 0.0279. The molecular weight excluding hydrogens is 212 g/mol. The second kappa shape index (κ2) is 9.11. The minimum Gasteiger partial charge on any atom is -0.375 e. The molecule has 0 radical (unpaired) electrons. The molecule has 0 aliphatic heterocycles. The van der Waals surface area contributed by atoms with Gasteiger partial charge in [0.05, 0.1) is 6.61 Å². The van der Waals surface area contributed by atoms with Crippen LogP contribution in [0.1, 0.15) is 6.92 Å². The van der Waals surface area contributed by atoms with Gasteiger partial charge in [-0.05, 0) is 6.92 Å². The van der Waals surface area contributed by atoms with Crippen molar-refractivity contribution in [2.45, 2.75) is 6.92 Å². The zero-order chi connectivity index (χ0) is 12.4. The third-order valence-electron chi connectivity index (χ3n) is 1.87. The maximum atomic E-state index is 11.2. The van der Waals surface area contributed by atoms with Crippen molar-refractivity contribution in [3.63, 3.8) is 0 Å². The molecule has 0 atom stereocenters. The Hall–Kier alpha value is -1.14. The zero-order valence-corrected chi connectivity index (χ0v) is 10.1. The van der Waals surface area contributed by atoms with Gasteiger partial charge in [-0.25, -0.2) is 0 Å². The van der Waals surface area contributed by atoms with Gasteiger partial charge in [0.2, 0.25) is 11.8 Å². The molecule has 94 valence electrons. The topological polar surface area (TPSA) is 67.9 Å². The Bertz CT molecular complexity index is 221. The normalized spacial score (nSPS) is 9.94. The Morgan fingerprint density at radius 1 is 1.31 bits per heavy atom. The molecule has 6 heteroatoms. The van der Waals surface area contributed by atoms with Crippen LogP contribution in [0.5, 0.6) is 0 Å². The van der Waals surface area contributed by atoms with Crippen LogP contribution in [0.3, 0.4) is 0 Å². The molecule has 0 rings (SSSR count). The van der Waals surface area contributed by atoms with Crippen LogP contribution in [0.4, 0.5) is 0 Å². The van der Waals surface area contributed by atoms with E-state index in [0.717, 1.165) is 0 Å². The summed E-state index contributed by atoms with van der Waals surface area (Å²) < 4.78 is 9.81. The van der Waals surface area contributed by atoms with Gasteiger partial charge in [0.15, 0.2) is 0 Å². The predicted octanol–water partition coefficient (Wildman–Crippen LogP) is -0.756. The lowest BCUT2D eigenvalue weighted by Crippen LogP contribution is -2.34. The number of nitrogens with zero attached hydrogens (tertiary/aromatic N) is 1. The first kappa shape index (κ1) is 14.9.